The minimum atomic E-state index is 0.266. The zero-order valence-corrected chi connectivity index (χ0v) is 9.21. The van der Waals surface area contributed by atoms with Crippen molar-refractivity contribution in [1.29, 1.82) is 5.26 Å². The molecule has 1 saturated carbocycles. The van der Waals surface area contributed by atoms with Crippen molar-refractivity contribution in [2.75, 3.05) is 0 Å². The molecule has 0 bridgehead atoms. The first-order valence-electron chi connectivity index (χ1n) is 5.81. The Hall–Kier alpha value is -1.24. The summed E-state index contributed by atoms with van der Waals surface area (Å²) in [5.74, 6) is 0.266. The number of rotatable bonds is 1. The molecule has 0 aromatic carbocycles. The molecule has 1 aliphatic rings. The zero-order valence-electron chi connectivity index (χ0n) is 9.21. The highest BCUT2D eigenvalue weighted by Crippen LogP contribution is 2.18. The molecule has 4 nitrogen and oxygen atoms in total. The molecule has 84 valence electrons. The summed E-state index contributed by atoms with van der Waals surface area (Å²) in [7, 11) is 0. The highest BCUT2D eigenvalue weighted by atomic mass is 15.1. The third-order valence-corrected chi connectivity index (χ3v) is 2.83. The summed E-state index contributed by atoms with van der Waals surface area (Å²) in [6.07, 6.45) is 11.8. The van der Waals surface area contributed by atoms with Gasteiger partial charge in [-0.15, -0.1) is 0 Å². The van der Waals surface area contributed by atoms with Crippen molar-refractivity contribution in [3.05, 3.63) is 0 Å². The van der Waals surface area contributed by atoms with Crippen molar-refractivity contribution in [3.8, 4) is 6.19 Å². The number of aliphatic imine (C=N–C) groups is 1. The maximum atomic E-state index is 8.39. The summed E-state index contributed by atoms with van der Waals surface area (Å²) < 4.78 is 0. The second-order valence-electron chi connectivity index (χ2n) is 4.10. The van der Waals surface area contributed by atoms with Crippen molar-refractivity contribution < 1.29 is 0 Å². The quantitative estimate of drug-likeness (QED) is 0.299. The van der Waals surface area contributed by atoms with E-state index in [1.807, 2.05) is 0 Å². The van der Waals surface area contributed by atoms with Gasteiger partial charge in [0.05, 0.1) is 6.04 Å². The van der Waals surface area contributed by atoms with Gasteiger partial charge in [0.15, 0.2) is 6.19 Å². The van der Waals surface area contributed by atoms with Gasteiger partial charge < -0.3 is 5.73 Å². The number of hydrogen-bond acceptors (Lipinski definition) is 2. The first-order valence-corrected chi connectivity index (χ1v) is 5.81. The molecule has 4 heteroatoms. The van der Waals surface area contributed by atoms with Crippen LogP contribution in [0.3, 0.4) is 0 Å². The Morgan fingerprint density at radius 1 is 1.13 bits per heavy atom. The smallest absolute Gasteiger partial charge is 0.202 e. The van der Waals surface area contributed by atoms with Crippen molar-refractivity contribution in [3.63, 3.8) is 0 Å². The molecule has 0 saturated heterocycles. The topological polar surface area (TPSA) is 74.2 Å². The Bertz CT molecular complexity index is 231. The minimum absolute atomic E-state index is 0.266. The van der Waals surface area contributed by atoms with E-state index in [0.29, 0.717) is 6.04 Å². The number of hydrogen-bond donors (Lipinski definition) is 2. The molecule has 0 radical (unpaired) electrons. The molecule has 1 aliphatic carbocycles. The van der Waals surface area contributed by atoms with Crippen LogP contribution in [0.25, 0.3) is 0 Å². The van der Waals surface area contributed by atoms with Gasteiger partial charge in [-0.1, -0.05) is 38.5 Å². The molecule has 0 atom stereocenters. The van der Waals surface area contributed by atoms with Crippen LogP contribution in [0, 0.1) is 11.5 Å². The van der Waals surface area contributed by atoms with Gasteiger partial charge in [-0.3, -0.25) is 5.32 Å². The SMILES string of the molecule is N#CNC(N)=NC1CCCCCCCC1. The van der Waals surface area contributed by atoms with Crippen molar-refractivity contribution in [1.82, 2.24) is 5.32 Å². The summed E-state index contributed by atoms with van der Waals surface area (Å²) in [5.41, 5.74) is 5.56. The zero-order chi connectivity index (χ0) is 10.9. The van der Waals surface area contributed by atoms with Gasteiger partial charge in [-0.2, -0.15) is 5.26 Å². The Morgan fingerprint density at radius 3 is 2.20 bits per heavy atom. The van der Waals surface area contributed by atoms with E-state index in [0.717, 1.165) is 12.8 Å². The number of nitriles is 1. The summed E-state index contributed by atoms with van der Waals surface area (Å²) >= 11 is 0. The number of nitrogens with zero attached hydrogens (tertiary/aromatic N) is 2. The first kappa shape index (κ1) is 11.8. The second-order valence-corrected chi connectivity index (χ2v) is 4.10. The van der Waals surface area contributed by atoms with E-state index in [1.54, 1.807) is 6.19 Å². The van der Waals surface area contributed by atoms with Crippen molar-refractivity contribution in [2.45, 2.75) is 57.4 Å². The predicted octanol–water partition coefficient (Wildman–Crippen LogP) is 1.87. The molecule has 1 fully saturated rings. The molecule has 0 amide bonds. The van der Waals surface area contributed by atoms with Crippen LogP contribution in [-0.4, -0.2) is 12.0 Å². The molecule has 0 aromatic rings. The third-order valence-electron chi connectivity index (χ3n) is 2.83. The summed E-state index contributed by atoms with van der Waals surface area (Å²) in [6.45, 7) is 0. The Kier molecular flexibility index (Phi) is 5.60. The molecule has 0 unspecified atom stereocenters. The molecule has 0 aliphatic heterocycles. The Labute approximate surface area is 91.6 Å². The maximum absolute atomic E-state index is 8.39. The lowest BCUT2D eigenvalue weighted by Gasteiger charge is -2.11. The largest absolute Gasteiger partial charge is 0.369 e. The van der Waals surface area contributed by atoms with Gasteiger partial charge in [0.25, 0.3) is 0 Å². The molecular formula is C11H20N4. The Morgan fingerprint density at radius 2 is 1.67 bits per heavy atom. The molecule has 0 heterocycles. The van der Waals surface area contributed by atoms with E-state index in [1.165, 1.54) is 38.5 Å². The fourth-order valence-electron chi connectivity index (χ4n) is 2.03. The normalized spacial score (nSPS) is 20.9. The van der Waals surface area contributed by atoms with E-state index in [2.05, 4.69) is 10.3 Å². The van der Waals surface area contributed by atoms with Gasteiger partial charge in [0.1, 0.15) is 0 Å². The first-order chi connectivity index (χ1) is 7.33. The number of nitrogens with one attached hydrogen (secondary N) is 1. The fourth-order valence-corrected chi connectivity index (χ4v) is 2.03. The van der Waals surface area contributed by atoms with E-state index < -0.39 is 0 Å². The predicted molar refractivity (Wildman–Crippen MR) is 61.1 cm³/mol. The standard InChI is InChI=1S/C11H20N4/c12-9-14-11(13)15-10-7-5-3-1-2-4-6-8-10/h10H,1-8H2,(H3,13,14,15). The van der Waals surface area contributed by atoms with Crippen LogP contribution in [0.15, 0.2) is 4.99 Å². The van der Waals surface area contributed by atoms with Crippen LogP contribution in [-0.2, 0) is 0 Å². The van der Waals surface area contributed by atoms with Gasteiger partial charge >= 0.3 is 0 Å². The van der Waals surface area contributed by atoms with E-state index >= 15 is 0 Å². The highest BCUT2D eigenvalue weighted by molar-refractivity contribution is 5.79. The van der Waals surface area contributed by atoms with Crippen molar-refractivity contribution >= 4 is 5.96 Å². The van der Waals surface area contributed by atoms with Crippen LogP contribution in [0.2, 0.25) is 0 Å². The average Bonchev–Trinajstić information content (AvgIpc) is 2.32. The van der Waals surface area contributed by atoms with E-state index in [4.69, 9.17) is 11.0 Å². The van der Waals surface area contributed by atoms with Crippen LogP contribution in [0.1, 0.15) is 51.4 Å². The molecule has 0 aromatic heterocycles. The lowest BCUT2D eigenvalue weighted by atomic mass is 10.1. The summed E-state index contributed by atoms with van der Waals surface area (Å²) in [5, 5.41) is 10.8. The van der Waals surface area contributed by atoms with Crippen molar-refractivity contribution in [2.24, 2.45) is 10.7 Å². The van der Waals surface area contributed by atoms with Crippen LogP contribution >= 0.6 is 0 Å². The Balaban J connectivity index is 2.42. The van der Waals surface area contributed by atoms with Crippen LogP contribution in [0.4, 0.5) is 0 Å². The maximum Gasteiger partial charge on any atom is 0.202 e. The molecule has 15 heavy (non-hydrogen) atoms. The monoisotopic (exact) mass is 208 g/mol. The van der Waals surface area contributed by atoms with Crippen LogP contribution < -0.4 is 11.1 Å². The molecule has 0 spiro atoms. The lowest BCUT2D eigenvalue weighted by Crippen LogP contribution is -2.29. The number of guanidine groups is 1. The van der Waals surface area contributed by atoms with Gasteiger partial charge in [0.2, 0.25) is 5.96 Å². The van der Waals surface area contributed by atoms with Gasteiger partial charge in [-0.05, 0) is 12.8 Å². The van der Waals surface area contributed by atoms with Gasteiger partial charge in [0, 0.05) is 0 Å². The summed E-state index contributed by atoms with van der Waals surface area (Å²) in [6, 6.07) is 0.309. The highest BCUT2D eigenvalue weighted by Gasteiger charge is 2.09. The van der Waals surface area contributed by atoms with Gasteiger partial charge in [-0.25, -0.2) is 4.99 Å². The van der Waals surface area contributed by atoms with Crippen LogP contribution in [0.5, 0.6) is 0 Å². The summed E-state index contributed by atoms with van der Waals surface area (Å²) in [4.78, 5) is 4.33. The average molecular weight is 208 g/mol. The molecule has 3 N–H and O–H groups in total. The number of nitrogens with two attached hydrogens (primary N) is 1. The third kappa shape index (κ3) is 5.26. The fraction of sp³-hybridized carbons (Fsp3) is 0.818. The molecule has 1 rings (SSSR count). The van der Waals surface area contributed by atoms with E-state index in [-0.39, 0.29) is 5.96 Å². The molecular weight excluding hydrogens is 188 g/mol. The lowest BCUT2D eigenvalue weighted by molar-refractivity contribution is 0.534. The minimum Gasteiger partial charge on any atom is -0.369 e. The van der Waals surface area contributed by atoms with E-state index in [9.17, 15) is 0 Å². The second kappa shape index (κ2) is 7.10.